The average molecular weight is 252 g/mol. The molecule has 0 aliphatic carbocycles. The van der Waals surface area contributed by atoms with Crippen molar-refractivity contribution in [1.82, 2.24) is 4.90 Å². The van der Waals surface area contributed by atoms with Crippen LogP contribution in [0.25, 0.3) is 0 Å². The van der Waals surface area contributed by atoms with Crippen molar-refractivity contribution in [3.63, 3.8) is 0 Å². The summed E-state index contributed by atoms with van der Waals surface area (Å²) in [5.74, 6) is -0.168. The van der Waals surface area contributed by atoms with Gasteiger partial charge in [-0.05, 0) is 32.0 Å². The molecule has 1 aromatic rings. The molecule has 0 spiro atoms. The quantitative estimate of drug-likeness (QED) is 0.614. The third-order valence-electron chi connectivity index (χ3n) is 2.81. The fraction of sp³-hybridized carbons (Fsp3) is 0.462. The number of hydrogen-bond donors (Lipinski definition) is 2. The van der Waals surface area contributed by atoms with Crippen molar-refractivity contribution in [2.75, 3.05) is 26.0 Å². The van der Waals surface area contributed by atoms with E-state index < -0.39 is 0 Å². The number of phenols is 1. The predicted molar refractivity (Wildman–Crippen MR) is 70.6 cm³/mol. The zero-order chi connectivity index (χ0) is 13.7. The van der Waals surface area contributed by atoms with Crippen LogP contribution in [0.1, 0.15) is 24.2 Å². The smallest absolute Gasteiger partial charge is 0.256 e. The summed E-state index contributed by atoms with van der Waals surface area (Å²) in [7, 11) is 1.59. The normalized spacial score (nSPS) is 12.2. The lowest BCUT2D eigenvalue weighted by molar-refractivity contribution is 0.0580. The van der Waals surface area contributed by atoms with Crippen molar-refractivity contribution in [2.45, 2.75) is 19.9 Å². The molecule has 0 aromatic heterocycles. The fourth-order valence-corrected chi connectivity index (χ4v) is 1.87. The summed E-state index contributed by atoms with van der Waals surface area (Å²) in [5, 5.41) is 9.43. The van der Waals surface area contributed by atoms with Crippen LogP contribution in [0.3, 0.4) is 0 Å². The molecule has 0 aliphatic rings. The molecule has 1 atom stereocenters. The second-order valence-electron chi connectivity index (χ2n) is 4.17. The molecule has 1 unspecified atom stereocenters. The molecule has 18 heavy (non-hydrogen) atoms. The van der Waals surface area contributed by atoms with Crippen LogP contribution < -0.4 is 5.73 Å². The van der Waals surface area contributed by atoms with Gasteiger partial charge in [-0.15, -0.1) is 0 Å². The number of rotatable bonds is 5. The van der Waals surface area contributed by atoms with E-state index >= 15 is 0 Å². The van der Waals surface area contributed by atoms with E-state index in [1.54, 1.807) is 12.0 Å². The zero-order valence-electron chi connectivity index (χ0n) is 11.0. The highest BCUT2D eigenvalue weighted by Crippen LogP contribution is 2.21. The van der Waals surface area contributed by atoms with Crippen LogP contribution in [0.5, 0.6) is 5.75 Å². The Morgan fingerprint density at radius 3 is 2.78 bits per heavy atom. The standard InChI is InChI=1S/C13H20N2O3/c1-4-15(9(2)8-18-3)13(17)11-7-10(16)5-6-12(11)14/h5-7,9,16H,4,8,14H2,1-3H3. The van der Waals surface area contributed by atoms with E-state index in [0.717, 1.165) is 0 Å². The first-order valence-corrected chi connectivity index (χ1v) is 5.89. The number of carbonyl (C=O) groups is 1. The van der Waals surface area contributed by atoms with Crippen molar-refractivity contribution >= 4 is 11.6 Å². The van der Waals surface area contributed by atoms with Crippen molar-refractivity contribution in [1.29, 1.82) is 0 Å². The molecule has 0 aliphatic heterocycles. The van der Waals surface area contributed by atoms with Crippen LogP contribution in [0, 0.1) is 0 Å². The Balaban J connectivity index is 2.99. The van der Waals surface area contributed by atoms with E-state index in [1.807, 2.05) is 13.8 Å². The Morgan fingerprint density at radius 2 is 2.22 bits per heavy atom. The Hall–Kier alpha value is -1.75. The molecule has 100 valence electrons. The molecule has 5 heteroatoms. The van der Waals surface area contributed by atoms with Crippen molar-refractivity contribution in [2.24, 2.45) is 0 Å². The van der Waals surface area contributed by atoms with Gasteiger partial charge < -0.3 is 20.5 Å². The molecule has 0 radical (unpaired) electrons. The molecule has 0 heterocycles. The summed E-state index contributed by atoms with van der Waals surface area (Å²) >= 11 is 0. The monoisotopic (exact) mass is 252 g/mol. The highest BCUT2D eigenvalue weighted by atomic mass is 16.5. The number of phenolic OH excluding ortho intramolecular Hbond substituents is 1. The van der Waals surface area contributed by atoms with Gasteiger partial charge in [-0.3, -0.25) is 4.79 Å². The largest absolute Gasteiger partial charge is 0.508 e. The van der Waals surface area contributed by atoms with E-state index in [0.29, 0.717) is 24.4 Å². The maximum atomic E-state index is 12.3. The third-order valence-corrected chi connectivity index (χ3v) is 2.81. The molecule has 5 nitrogen and oxygen atoms in total. The maximum Gasteiger partial charge on any atom is 0.256 e. The van der Waals surface area contributed by atoms with Gasteiger partial charge in [0, 0.05) is 19.3 Å². The number of nitrogen functional groups attached to an aromatic ring is 1. The summed E-state index contributed by atoms with van der Waals surface area (Å²) in [6.45, 7) is 4.81. The van der Waals surface area contributed by atoms with Crippen LogP contribution >= 0.6 is 0 Å². The Bertz CT molecular complexity index is 421. The molecule has 1 rings (SSSR count). The molecule has 1 aromatic carbocycles. The first kappa shape index (κ1) is 14.3. The van der Waals surface area contributed by atoms with Crippen LogP contribution in [-0.2, 0) is 4.74 Å². The molecule has 0 saturated carbocycles. The summed E-state index contributed by atoms with van der Waals surface area (Å²) in [6.07, 6.45) is 0. The van der Waals surface area contributed by atoms with Gasteiger partial charge in [0.2, 0.25) is 0 Å². The molecule has 0 saturated heterocycles. The average Bonchev–Trinajstić information content (AvgIpc) is 2.33. The van der Waals surface area contributed by atoms with Gasteiger partial charge >= 0.3 is 0 Å². The van der Waals surface area contributed by atoms with E-state index in [-0.39, 0.29) is 17.7 Å². The van der Waals surface area contributed by atoms with Gasteiger partial charge in [0.25, 0.3) is 5.91 Å². The number of methoxy groups -OCH3 is 1. The fourth-order valence-electron chi connectivity index (χ4n) is 1.87. The first-order valence-electron chi connectivity index (χ1n) is 5.89. The molecule has 1 amide bonds. The number of hydrogen-bond acceptors (Lipinski definition) is 4. The third kappa shape index (κ3) is 3.13. The van der Waals surface area contributed by atoms with Gasteiger partial charge in [-0.1, -0.05) is 0 Å². The lowest BCUT2D eigenvalue weighted by Crippen LogP contribution is -2.41. The number of amides is 1. The van der Waals surface area contributed by atoms with Crippen LogP contribution in [0.4, 0.5) is 5.69 Å². The molecular formula is C13H20N2O3. The SMILES string of the molecule is CCN(C(=O)c1cc(O)ccc1N)C(C)COC. The Kier molecular flexibility index (Phi) is 4.97. The summed E-state index contributed by atoms with van der Waals surface area (Å²) in [5.41, 5.74) is 6.45. The number of carbonyl (C=O) groups excluding carboxylic acids is 1. The topological polar surface area (TPSA) is 75.8 Å². The van der Waals surface area contributed by atoms with Gasteiger partial charge in [-0.2, -0.15) is 0 Å². The summed E-state index contributed by atoms with van der Waals surface area (Å²) < 4.78 is 5.05. The Labute approximate surface area is 107 Å². The van der Waals surface area contributed by atoms with E-state index in [4.69, 9.17) is 10.5 Å². The predicted octanol–water partition coefficient (Wildman–Crippen LogP) is 1.47. The number of nitrogens with two attached hydrogens (primary N) is 1. The van der Waals surface area contributed by atoms with E-state index in [2.05, 4.69) is 0 Å². The first-order chi connectivity index (χ1) is 8.51. The second kappa shape index (κ2) is 6.26. The van der Waals surface area contributed by atoms with Crippen LogP contribution in [0.15, 0.2) is 18.2 Å². The minimum Gasteiger partial charge on any atom is -0.508 e. The number of aromatic hydroxyl groups is 1. The summed E-state index contributed by atoms with van der Waals surface area (Å²) in [6, 6.07) is 4.33. The molecule has 0 bridgehead atoms. The zero-order valence-corrected chi connectivity index (χ0v) is 11.0. The van der Waals surface area contributed by atoms with E-state index in [9.17, 15) is 9.90 Å². The number of benzene rings is 1. The molecule has 3 N–H and O–H groups in total. The number of anilines is 1. The van der Waals surface area contributed by atoms with Crippen molar-refractivity contribution in [3.8, 4) is 5.75 Å². The van der Waals surface area contributed by atoms with Crippen LogP contribution in [0.2, 0.25) is 0 Å². The number of likely N-dealkylation sites (N-methyl/N-ethyl adjacent to an activating group) is 1. The van der Waals surface area contributed by atoms with Gasteiger partial charge in [0.1, 0.15) is 5.75 Å². The minimum absolute atomic E-state index is 0.0306. The lowest BCUT2D eigenvalue weighted by atomic mass is 10.1. The summed E-state index contributed by atoms with van der Waals surface area (Å²) in [4.78, 5) is 14.0. The minimum atomic E-state index is -0.199. The van der Waals surface area contributed by atoms with Gasteiger partial charge in [0.15, 0.2) is 0 Å². The van der Waals surface area contributed by atoms with Crippen molar-refractivity contribution in [3.05, 3.63) is 23.8 Å². The number of ether oxygens (including phenoxy) is 1. The van der Waals surface area contributed by atoms with Crippen LogP contribution in [-0.4, -0.2) is 42.2 Å². The molecule has 0 fully saturated rings. The van der Waals surface area contributed by atoms with Gasteiger partial charge in [-0.25, -0.2) is 0 Å². The number of nitrogens with zero attached hydrogens (tertiary/aromatic N) is 1. The van der Waals surface area contributed by atoms with Crippen molar-refractivity contribution < 1.29 is 14.6 Å². The van der Waals surface area contributed by atoms with E-state index in [1.165, 1.54) is 18.2 Å². The Morgan fingerprint density at radius 1 is 1.56 bits per heavy atom. The molecular weight excluding hydrogens is 232 g/mol. The maximum absolute atomic E-state index is 12.3. The second-order valence-corrected chi connectivity index (χ2v) is 4.17. The lowest BCUT2D eigenvalue weighted by Gasteiger charge is -2.28. The van der Waals surface area contributed by atoms with Gasteiger partial charge in [0.05, 0.1) is 18.2 Å². The highest BCUT2D eigenvalue weighted by molar-refractivity contribution is 5.99. The highest BCUT2D eigenvalue weighted by Gasteiger charge is 2.21.